The van der Waals surface area contributed by atoms with Gasteiger partial charge in [0, 0.05) is 11.3 Å². The van der Waals surface area contributed by atoms with Crippen molar-refractivity contribution in [3.63, 3.8) is 0 Å². The van der Waals surface area contributed by atoms with Crippen molar-refractivity contribution in [2.45, 2.75) is 44.1 Å². The first-order valence-corrected chi connectivity index (χ1v) is 11.1. The third kappa shape index (κ3) is 3.20. The van der Waals surface area contributed by atoms with Gasteiger partial charge in [0.2, 0.25) is 5.91 Å². The van der Waals surface area contributed by atoms with E-state index in [2.05, 4.69) is 10.6 Å². The number of hydrogen-bond acceptors (Lipinski definition) is 5. The largest absolute Gasteiger partial charge is 0.365 e. The number of carbonyl (C=O) groups excluding carboxylic acids is 4. The highest BCUT2D eigenvalue weighted by Crippen LogP contribution is 2.39. The number of nitrogens with one attached hydrogen (secondary N) is 2. The Bertz CT molecular complexity index is 1140. The molecule has 0 bridgehead atoms. The van der Waals surface area contributed by atoms with Gasteiger partial charge in [-0.3, -0.25) is 19.3 Å². The molecule has 1 saturated heterocycles. The molecule has 5 amide bonds. The van der Waals surface area contributed by atoms with E-state index >= 15 is 0 Å². The number of amides is 5. The quantitative estimate of drug-likeness (QED) is 0.630. The van der Waals surface area contributed by atoms with Crippen LogP contribution in [0.2, 0.25) is 0 Å². The number of carbonyl (C=O) groups is 4. The van der Waals surface area contributed by atoms with Gasteiger partial charge in [0.05, 0.1) is 5.56 Å². The zero-order valence-corrected chi connectivity index (χ0v) is 17.6. The lowest BCUT2D eigenvalue weighted by atomic mass is 9.78. The Morgan fingerprint density at radius 1 is 1.16 bits per heavy atom. The van der Waals surface area contributed by atoms with E-state index in [1.807, 2.05) is 24.3 Å². The number of nitrogens with two attached hydrogens (primary N) is 1. The van der Waals surface area contributed by atoms with Crippen molar-refractivity contribution < 1.29 is 19.2 Å². The minimum atomic E-state index is -1.01. The first kappa shape index (κ1) is 19.7. The number of primary amides is 1. The Hall–Kier alpha value is -3.20. The second-order valence-corrected chi connectivity index (χ2v) is 9.43. The maximum absolute atomic E-state index is 13.2. The highest BCUT2D eigenvalue weighted by atomic mass is 32.1. The zero-order chi connectivity index (χ0) is 21.8. The van der Waals surface area contributed by atoms with Crippen LogP contribution in [0, 0.1) is 0 Å². The number of thiophene rings is 1. The highest BCUT2D eigenvalue weighted by Gasteiger charge is 2.52. The molecule has 2 aliphatic carbocycles. The lowest BCUT2D eigenvalue weighted by molar-refractivity contribution is -0.134. The minimum absolute atomic E-state index is 0.350. The molecule has 1 atom stereocenters. The standard InChI is InChI=1S/C22H22N4O4S/c23-18(28)17-14-6-3-7-15(14)31-19(17)24-16(27)11-26-20(29)22(25-21(26)30)9-8-12-4-1-2-5-13(12)10-22/h1-2,4-5H,3,6-11H2,(H2,23,28)(H,24,27)(H,25,30). The molecule has 160 valence electrons. The van der Waals surface area contributed by atoms with Crippen LogP contribution in [0.1, 0.15) is 44.8 Å². The van der Waals surface area contributed by atoms with Crippen molar-refractivity contribution in [1.29, 1.82) is 0 Å². The van der Waals surface area contributed by atoms with E-state index in [1.54, 1.807) is 0 Å². The van der Waals surface area contributed by atoms with Crippen LogP contribution in [0.4, 0.5) is 9.80 Å². The van der Waals surface area contributed by atoms with Gasteiger partial charge in [0.1, 0.15) is 17.1 Å². The number of fused-ring (bicyclic) bond motifs is 2. The summed E-state index contributed by atoms with van der Waals surface area (Å²) in [5.74, 6) is -1.49. The molecule has 1 unspecified atom stereocenters. The lowest BCUT2D eigenvalue weighted by Gasteiger charge is -2.32. The summed E-state index contributed by atoms with van der Waals surface area (Å²) in [6.07, 6.45) is 4.17. The van der Waals surface area contributed by atoms with Crippen molar-refractivity contribution in [3.05, 3.63) is 51.4 Å². The van der Waals surface area contributed by atoms with Gasteiger partial charge in [-0.05, 0) is 48.8 Å². The van der Waals surface area contributed by atoms with Crippen LogP contribution in [0.3, 0.4) is 0 Å². The molecule has 1 fully saturated rings. The molecule has 31 heavy (non-hydrogen) atoms. The third-order valence-corrected chi connectivity index (χ3v) is 7.61. The van der Waals surface area contributed by atoms with Crippen molar-refractivity contribution in [3.8, 4) is 0 Å². The molecule has 5 rings (SSSR count). The molecule has 4 N–H and O–H groups in total. The molecule has 9 heteroatoms. The Kier molecular flexibility index (Phi) is 4.58. The average molecular weight is 439 g/mol. The molecule has 2 aromatic rings. The number of aryl methyl sites for hydroxylation is 2. The van der Waals surface area contributed by atoms with Gasteiger partial charge in [-0.1, -0.05) is 24.3 Å². The number of imide groups is 1. The van der Waals surface area contributed by atoms with E-state index in [0.717, 1.165) is 40.2 Å². The van der Waals surface area contributed by atoms with E-state index in [9.17, 15) is 19.2 Å². The summed E-state index contributed by atoms with van der Waals surface area (Å²) in [5.41, 5.74) is 8.00. The van der Waals surface area contributed by atoms with Crippen LogP contribution in [0.5, 0.6) is 0 Å². The van der Waals surface area contributed by atoms with Gasteiger partial charge in [-0.25, -0.2) is 4.79 Å². The fourth-order valence-corrected chi connectivity index (χ4v) is 6.22. The molecule has 3 aliphatic rings. The topological polar surface area (TPSA) is 122 Å². The van der Waals surface area contributed by atoms with Gasteiger partial charge < -0.3 is 16.4 Å². The summed E-state index contributed by atoms with van der Waals surface area (Å²) < 4.78 is 0. The fraction of sp³-hybridized carbons (Fsp3) is 0.364. The summed E-state index contributed by atoms with van der Waals surface area (Å²) in [6, 6.07) is 7.31. The summed E-state index contributed by atoms with van der Waals surface area (Å²) in [4.78, 5) is 52.4. The summed E-state index contributed by atoms with van der Waals surface area (Å²) in [7, 11) is 0. The number of nitrogens with zero attached hydrogens (tertiary/aromatic N) is 1. The molecule has 0 radical (unpaired) electrons. The summed E-state index contributed by atoms with van der Waals surface area (Å²) in [5, 5.41) is 5.93. The van der Waals surface area contributed by atoms with Crippen LogP contribution in [-0.2, 0) is 35.3 Å². The van der Waals surface area contributed by atoms with Crippen LogP contribution >= 0.6 is 11.3 Å². The maximum Gasteiger partial charge on any atom is 0.325 e. The average Bonchev–Trinajstić information content (AvgIpc) is 3.36. The lowest BCUT2D eigenvalue weighted by Crippen LogP contribution is -2.51. The normalized spacial score (nSPS) is 21.7. The number of anilines is 1. The van der Waals surface area contributed by atoms with Gasteiger partial charge in [0.15, 0.2) is 0 Å². The SMILES string of the molecule is NC(=O)c1c(NC(=O)CN2C(=O)NC3(CCc4ccccc4C3)C2=O)sc2c1CCC2. The van der Waals surface area contributed by atoms with E-state index in [4.69, 9.17) is 5.73 Å². The summed E-state index contributed by atoms with van der Waals surface area (Å²) >= 11 is 1.34. The third-order valence-electron chi connectivity index (χ3n) is 6.40. The second-order valence-electron chi connectivity index (χ2n) is 8.32. The van der Waals surface area contributed by atoms with Gasteiger partial charge in [-0.2, -0.15) is 0 Å². The Balaban J connectivity index is 1.32. The van der Waals surface area contributed by atoms with Crippen molar-refractivity contribution in [1.82, 2.24) is 10.2 Å². The zero-order valence-electron chi connectivity index (χ0n) is 16.8. The Morgan fingerprint density at radius 2 is 1.94 bits per heavy atom. The van der Waals surface area contributed by atoms with E-state index < -0.39 is 29.9 Å². The maximum atomic E-state index is 13.2. The highest BCUT2D eigenvalue weighted by molar-refractivity contribution is 7.17. The number of urea groups is 1. The number of benzene rings is 1. The van der Waals surface area contributed by atoms with Gasteiger partial charge >= 0.3 is 6.03 Å². The monoisotopic (exact) mass is 438 g/mol. The van der Waals surface area contributed by atoms with E-state index in [0.29, 0.717) is 29.8 Å². The first-order chi connectivity index (χ1) is 14.9. The second kappa shape index (κ2) is 7.19. The van der Waals surface area contributed by atoms with Crippen molar-refractivity contribution in [2.75, 3.05) is 11.9 Å². The molecule has 1 aromatic carbocycles. The smallest absolute Gasteiger partial charge is 0.325 e. The fourth-order valence-electron chi connectivity index (χ4n) is 4.91. The number of rotatable bonds is 4. The van der Waals surface area contributed by atoms with Gasteiger partial charge in [-0.15, -0.1) is 11.3 Å². The predicted molar refractivity (Wildman–Crippen MR) is 115 cm³/mol. The van der Waals surface area contributed by atoms with Crippen LogP contribution in [-0.4, -0.2) is 40.7 Å². The van der Waals surface area contributed by atoms with E-state index in [1.165, 1.54) is 16.9 Å². The molecular weight excluding hydrogens is 416 g/mol. The molecule has 0 saturated carbocycles. The molecular formula is C22H22N4O4S. The van der Waals surface area contributed by atoms with E-state index in [-0.39, 0.29) is 5.91 Å². The van der Waals surface area contributed by atoms with Crippen LogP contribution in [0.15, 0.2) is 24.3 Å². The van der Waals surface area contributed by atoms with Crippen LogP contribution < -0.4 is 16.4 Å². The molecule has 1 spiro atoms. The molecule has 1 aliphatic heterocycles. The molecule has 2 heterocycles. The minimum Gasteiger partial charge on any atom is -0.365 e. The number of hydrogen-bond donors (Lipinski definition) is 3. The van der Waals surface area contributed by atoms with Gasteiger partial charge in [0.25, 0.3) is 11.8 Å². The molecule has 1 aromatic heterocycles. The Labute approximate surface area is 182 Å². The van der Waals surface area contributed by atoms with Crippen LogP contribution in [0.25, 0.3) is 0 Å². The predicted octanol–water partition coefficient (Wildman–Crippen LogP) is 1.75. The first-order valence-electron chi connectivity index (χ1n) is 10.3. The summed E-state index contributed by atoms with van der Waals surface area (Å²) in [6.45, 7) is -0.408. The molecule has 8 nitrogen and oxygen atoms in total. The van der Waals surface area contributed by atoms with Crippen molar-refractivity contribution >= 4 is 40.1 Å². The Morgan fingerprint density at radius 3 is 2.71 bits per heavy atom. The van der Waals surface area contributed by atoms with Crippen molar-refractivity contribution in [2.24, 2.45) is 5.73 Å².